The number of anilines is 1. The summed E-state index contributed by atoms with van der Waals surface area (Å²) in [6.45, 7) is 0. The number of aromatic nitrogens is 1. The molecule has 82 valence electrons. The summed E-state index contributed by atoms with van der Waals surface area (Å²) in [5.74, 6) is 0. The fraction of sp³-hybridized carbons (Fsp3) is 0.286. The number of alkyl halides is 3. The molecule has 0 fully saturated rings. The lowest BCUT2D eigenvalue weighted by Crippen LogP contribution is -2.06. The lowest BCUT2D eigenvalue weighted by molar-refractivity contribution is -0.385. The van der Waals surface area contributed by atoms with Gasteiger partial charge in [-0.2, -0.15) is 0 Å². The van der Waals surface area contributed by atoms with E-state index in [1.54, 1.807) is 0 Å². The molecule has 2 N–H and O–H groups in total. The maximum atomic E-state index is 12.4. The fourth-order valence-electron chi connectivity index (χ4n) is 1.03. The zero-order valence-corrected chi connectivity index (χ0v) is 8.87. The van der Waals surface area contributed by atoms with Gasteiger partial charge in [0.15, 0.2) is 5.69 Å². The Labute approximate surface area is 91.6 Å². The van der Waals surface area contributed by atoms with Crippen LogP contribution in [-0.4, -0.2) is 9.91 Å². The molecular weight excluding hydrogens is 276 g/mol. The van der Waals surface area contributed by atoms with Crippen LogP contribution in [0.5, 0.6) is 0 Å². The fourth-order valence-corrected chi connectivity index (χ4v) is 1.47. The Kier molecular flexibility index (Phi) is 3.51. The minimum atomic E-state index is -3.02. The number of nitrogens with two attached hydrogens (primary N) is 1. The molecule has 0 aliphatic heterocycles. The van der Waals surface area contributed by atoms with Gasteiger partial charge in [0.05, 0.1) is 4.92 Å². The number of nitrogens with zero attached hydrogens (tertiary/aromatic N) is 2. The molecule has 5 nitrogen and oxygen atoms in total. The molecule has 0 aromatic carbocycles. The van der Waals surface area contributed by atoms with Crippen LogP contribution < -0.4 is 5.73 Å². The van der Waals surface area contributed by atoms with Crippen molar-refractivity contribution >= 4 is 27.3 Å². The Hall–Kier alpha value is -1.31. The third kappa shape index (κ3) is 2.20. The number of pyridine rings is 1. The number of hydrogen-bond donors (Lipinski definition) is 1. The van der Waals surface area contributed by atoms with Gasteiger partial charge in [-0.15, -0.1) is 0 Å². The van der Waals surface area contributed by atoms with Crippen molar-refractivity contribution in [3.63, 3.8) is 0 Å². The Balaban J connectivity index is 3.44. The van der Waals surface area contributed by atoms with E-state index in [0.29, 0.717) is 5.56 Å². The molecule has 1 heterocycles. The normalized spacial score (nSPS) is 10.7. The van der Waals surface area contributed by atoms with Crippen molar-refractivity contribution in [3.05, 3.63) is 27.6 Å². The van der Waals surface area contributed by atoms with Gasteiger partial charge in [-0.1, -0.05) is 15.9 Å². The number of nitrogen functional groups attached to an aromatic ring is 1. The van der Waals surface area contributed by atoms with Crippen molar-refractivity contribution < 1.29 is 13.7 Å². The summed E-state index contributed by atoms with van der Waals surface area (Å²) in [5.41, 5.74) is 3.71. The van der Waals surface area contributed by atoms with Gasteiger partial charge in [0.2, 0.25) is 0 Å². The molecule has 0 saturated heterocycles. The average molecular weight is 282 g/mol. The van der Waals surface area contributed by atoms with Crippen LogP contribution in [-0.2, 0) is 5.33 Å². The van der Waals surface area contributed by atoms with Crippen molar-refractivity contribution in [2.24, 2.45) is 0 Å². The monoisotopic (exact) mass is 281 g/mol. The predicted octanol–water partition coefficient (Wildman–Crippen LogP) is 2.40. The Morgan fingerprint density at radius 3 is 2.67 bits per heavy atom. The summed E-state index contributed by atoms with van der Waals surface area (Å²) in [4.78, 5) is 12.9. The van der Waals surface area contributed by atoms with Crippen LogP contribution in [0.2, 0.25) is 0 Å². The maximum absolute atomic E-state index is 12.4. The molecule has 1 aromatic heterocycles. The molecule has 0 aliphatic rings. The molecule has 0 amide bonds. The summed E-state index contributed by atoms with van der Waals surface area (Å²) in [6.07, 6.45) is -1.92. The summed E-state index contributed by atoms with van der Waals surface area (Å²) in [7, 11) is 0. The molecular formula is C7H6BrF2N3O2. The first-order valence-electron chi connectivity index (χ1n) is 3.74. The highest BCUT2D eigenvalue weighted by Crippen LogP contribution is 2.34. The minimum Gasteiger partial charge on any atom is -0.393 e. The molecule has 1 rings (SSSR count). The van der Waals surface area contributed by atoms with E-state index >= 15 is 0 Å². The van der Waals surface area contributed by atoms with Gasteiger partial charge in [-0.3, -0.25) is 10.1 Å². The third-order valence-corrected chi connectivity index (χ3v) is 2.34. The van der Waals surface area contributed by atoms with E-state index < -0.39 is 22.7 Å². The van der Waals surface area contributed by atoms with E-state index in [4.69, 9.17) is 5.73 Å². The zero-order chi connectivity index (χ0) is 11.6. The lowest BCUT2D eigenvalue weighted by Gasteiger charge is -2.06. The molecule has 0 saturated carbocycles. The number of rotatable bonds is 3. The van der Waals surface area contributed by atoms with Crippen LogP contribution in [0.4, 0.5) is 20.2 Å². The lowest BCUT2D eigenvalue weighted by atomic mass is 10.2. The summed E-state index contributed by atoms with van der Waals surface area (Å²) < 4.78 is 24.7. The summed E-state index contributed by atoms with van der Waals surface area (Å²) in [6, 6.07) is 0. The third-order valence-electron chi connectivity index (χ3n) is 1.74. The molecule has 15 heavy (non-hydrogen) atoms. The first-order valence-corrected chi connectivity index (χ1v) is 4.87. The van der Waals surface area contributed by atoms with Crippen LogP contribution in [0.15, 0.2) is 6.20 Å². The average Bonchev–Trinajstić information content (AvgIpc) is 2.16. The van der Waals surface area contributed by atoms with Crippen molar-refractivity contribution in [2.45, 2.75) is 11.8 Å². The van der Waals surface area contributed by atoms with E-state index in [-0.39, 0.29) is 11.0 Å². The van der Waals surface area contributed by atoms with Crippen LogP contribution in [0.1, 0.15) is 17.7 Å². The molecule has 0 atom stereocenters. The van der Waals surface area contributed by atoms with Crippen LogP contribution in [0.25, 0.3) is 0 Å². The predicted molar refractivity (Wildman–Crippen MR) is 52.9 cm³/mol. The van der Waals surface area contributed by atoms with Crippen LogP contribution in [0, 0.1) is 10.1 Å². The number of halogens is 3. The van der Waals surface area contributed by atoms with Crippen LogP contribution in [0.3, 0.4) is 0 Å². The minimum absolute atomic E-state index is 0.218. The summed E-state index contributed by atoms with van der Waals surface area (Å²) >= 11 is 3.02. The Morgan fingerprint density at radius 1 is 1.67 bits per heavy atom. The smallest absolute Gasteiger partial charge is 0.319 e. The maximum Gasteiger partial charge on any atom is 0.319 e. The van der Waals surface area contributed by atoms with Crippen molar-refractivity contribution in [1.82, 2.24) is 4.98 Å². The van der Waals surface area contributed by atoms with Crippen molar-refractivity contribution in [3.8, 4) is 0 Å². The van der Waals surface area contributed by atoms with Gasteiger partial charge in [0.1, 0.15) is 5.69 Å². The van der Waals surface area contributed by atoms with Gasteiger partial charge < -0.3 is 5.73 Å². The molecule has 0 spiro atoms. The van der Waals surface area contributed by atoms with Gasteiger partial charge in [-0.05, 0) is 0 Å². The van der Waals surface area contributed by atoms with E-state index in [2.05, 4.69) is 20.9 Å². The standard InChI is InChI=1S/C7H6BrF2N3O2/c8-1-3-2-12-5(7(9)10)6(4(3)11)13(14)15/h2,7H,1H2,(H2,11,12). The van der Waals surface area contributed by atoms with E-state index in [1.807, 2.05) is 0 Å². The SMILES string of the molecule is Nc1c(CBr)cnc(C(F)F)c1[N+](=O)[O-]. The highest BCUT2D eigenvalue weighted by molar-refractivity contribution is 9.08. The highest BCUT2D eigenvalue weighted by atomic mass is 79.9. The molecule has 0 unspecified atom stereocenters. The van der Waals surface area contributed by atoms with Crippen molar-refractivity contribution in [1.29, 1.82) is 0 Å². The second kappa shape index (κ2) is 4.47. The largest absolute Gasteiger partial charge is 0.393 e. The molecule has 1 aromatic rings. The van der Waals surface area contributed by atoms with Gasteiger partial charge in [-0.25, -0.2) is 13.8 Å². The summed E-state index contributed by atoms with van der Waals surface area (Å²) in [5, 5.41) is 10.8. The molecule has 0 bridgehead atoms. The highest BCUT2D eigenvalue weighted by Gasteiger charge is 2.27. The van der Waals surface area contributed by atoms with Crippen LogP contribution >= 0.6 is 15.9 Å². The van der Waals surface area contributed by atoms with Crippen molar-refractivity contribution in [2.75, 3.05) is 5.73 Å². The number of nitro groups is 1. The first-order chi connectivity index (χ1) is 6.99. The van der Waals surface area contributed by atoms with E-state index in [0.717, 1.165) is 6.20 Å². The van der Waals surface area contributed by atoms with Gasteiger partial charge >= 0.3 is 5.69 Å². The Bertz CT molecular complexity index is 400. The van der Waals surface area contributed by atoms with Gasteiger partial charge in [0.25, 0.3) is 6.43 Å². The molecule has 8 heteroatoms. The molecule has 0 radical (unpaired) electrons. The first kappa shape index (κ1) is 11.8. The molecule has 0 aliphatic carbocycles. The second-order valence-corrected chi connectivity index (χ2v) is 3.18. The second-order valence-electron chi connectivity index (χ2n) is 2.62. The number of hydrogen-bond acceptors (Lipinski definition) is 4. The zero-order valence-electron chi connectivity index (χ0n) is 7.28. The Morgan fingerprint density at radius 2 is 2.27 bits per heavy atom. The quantitative estimate of drug-likeness (QED) is 0.524. The van der Waals surface area contributed by atoms with Gasteiger partial charge in [0, 0.05) is 17.1 Å². The van der Waals surface area contributed by atoms with E-state index in [9.17, 15) is 18.9 Å². The van der Waals surface area contributed by atoms with E-state index in [1.165, 1.54) is 0 Å². The topological polar surface area (TPSA) is 82.0 Å².